The minimum Gasteiger partial charge on any atom is -0.377 e. The van der Waals surface area contributed by atoms with E-state index < -0.39 is 0 Å². The third-order valence-electron chi connectivity index (χ3n) is 6.17. The van der Waals surface area contributed by atoms with Gasteiger partial charge in [-0.1, -0.05) is 18.2 Å². The predicted molar refractivity (Wildman–Crippen MR) is 115 cm³/mol. The Morgan fingerprint density at radius 1 is 1.06 bits per heavy atom. The molecule has 5 rings (SSSR count). The van der Waals surface area contributed by atoms with Gasteiger partial charge in [0.1, 0.15) is 17.2 Å². The van der Waals surface area contributed by atoms with Crippen LogP contribution in [0.4, 0.5) is 10.1 Å². The highest BCUT2D eigenvalue weighted by molar-refractivity contribution is 5.92. The first-order valence-corrected chi connectivity index (χ1v) is 10.5. The molecule has 1 fully saturated rings. The summed E-state index contributed by atoms with van der Waals surface area (Å²) in [5, 5.41) is 3.18. The summed E-state index contributed by atoms with van der Waals surface area (Å²) >= 11 is 0. The van der Waals surface area contributed by atoms with Crippen molar-refractivity contribution in [1.29, 1.82) is 0 Å². The first-order valence-electron chi connectivity index (χ1n) is 10.5. The standard InChI is InChI=1S/C24H23FN4O2/c25-19-6-4-16(5-7-19)12-27-21-8-9-22-18-11-17(14-29(22)24(21)31)13-28(15-18)23(30)20-3-1-2-10-26-20/h1-10,17-18,27H,11-15H2/t17-,18+/m0/s1. The number of piperidine rings is 1. The van der Waals surface area contributed by atoms with E-state index in [-0.39, 0.29) is 29.1 Å². The van der Waals surface area contributed by atoms with Crippen molar-refractivity contribution in [3.05, 3.63) is 93.9 Å². The summed E-state index contributed by atoms with van der Waals surface area (Å²) in [5.41, 5.74) is 2.84. The molecule has 1 amide bonds. The number of rotatable bonds is 4. The number of amides is 1. The molecule has 0 aliphatic carbocycles. The Balaban J connectivity index is 1.34. The van der Waals surface area contributed by atoms with E-state index in [9.17, 15) is 14.0 Å². The second-order valence-corrected chi connectivity index (χ2v) is 8.29. The number of pyridine rings is 2. The van der Waals surface area contributed by atoms with E-state index in [2.05, 4.69) is 10.3 Å². The maximum atomic E-state index is 13.1. The lowest BCUT2D eigenvalue weighted by Crippen LogP contribution is -2.49. The lowest BCUT2D eigenvalue weighted by atomic mass is 9.83. The van der Waals surface area contributed by atoms with Crippen LogP contribution in [-0.4, -0.2) is 33.4 Å². The number of benzene rings is 1. The molecule has 31 heavy (non-hydrogen) atoms. The first kappa shape index (κ1) is 19.5. The minimum absolute atomic E-state index is 0.0428. The average Bonchev–Trinajstić information content (AvgIpc) is 2.80. The molecule has 0 saturated carbocycles. The fourth-order valence-corrected chi connectivity index (χ4v) is 4.70. The summed E-state index contributed by atoms with van der Waals surface area (Å²) in [7, 11) is 0. The van der Waals surface area contributed by atoms with Crippen LogP contribution in [0.25, 0.3) is 0 Å². The Hall–Kier alpha value is -3.48. The number of likely N-dealkylation sites (tertiary alicyclic amines) is 1. The zero-order valence-electron chi connectivity index (χ0n) is 17.0. The van der Waals surface area contributed by atoms with Crippen LogP contribution in [0, 0.1) is 11.7 Å². The fraction of sp³-hybridized carbons (Fsp3) is 0.292. The molecular weight excluding hydrogens is 395 g/mol. The summed E-state index contributed by atoms with van der Waals surface area (Å²) in [6.07, 6.45) is 2.61. The Bertz CT molecular complexity index is 1160. The highest BCUT2D eigenvalue weighted by Crippen LogP contribution is 2.35. The molecule has 2 aromatic heterocycles. The van der Waals surface area contributed by atoms with Gasteiger partial charge in [-0.15, -0.1) is 0 Å². The van der Waals surface area contributed by atoms with Gasteiger partial charge < -0.3 is 14.8 Å². The molecule has 1 N–H and O–H groups in total. The van der Waals surface area contributed by atoms with Crippen LogP contribution < -0.4 is 10.9 Å². The molecule has 4 heterocycles. The second kappa shape index (κ2) is 7.98. The SMILES string of the molecule is O=C(c1ccccn1)N1C[C@@H]2C[C@H](C1)c1ccc(NCc3ccc(F)cc3)c(=O)n1C2. The fourth-order valence-electron chi connectivity index (χ4n) is 4.70. The minimum atomic E-state index is -0.278. The third kappa shape index (κ3) is 3.83. The quantitative estimate of drug-likeness (QED) is 0.706. The highest BCUT2D eigenvalue weighted by atomic mass is 19.1. The predicted octanol–water partition coefficient (Wildman–Crippen LogP) is 3.25. The average molecular weight is 418 g/mol. The Labute approximate surface area is 179 Å². The number of halogens is 1. The van der Waals surface area contributed by atoms with Gasteiger partial charge in [-0.3, -0.25) is 14.6 Å². The van der Waals surface area contributed by atoms with E-state index in [1.54, 1.807) is 30.5 Å². The number of anilines is 1. The summed E-state index contributed by atoms with van der Waals surface area (Å²) in [6.45, 7) is 2.27. The number of aromatic nitrogens is 2. The molecule has 158 valence electrons. The maximum Gasteiger partial charge on any atom is 0.274 e. The largest absolute Gasteiger partial charge is 0.377 e. The van der Waals surface area contributed by atoms with Crippen LogP contribution >= 0.6 is 0 Å². The van der Waals surface area contributed by atoms with Crippen molar-refractivity contribution in [3.63, 3.8) is 0 Å². The van der Waals surface area contributed by atoms with Gasteiger partial charge in [-0.2, -0.15) is 0 Å². The summed E-state index contributed by atoms with van der Waals surface area (Å²) in [6, 6.07) is 15.4. The number of carbonyl (C=O) groups is 1. The van der Waals surface area contributed by atoms with Crippen molar-refractivity contribution >= 4 is 11.6 Å². The number of hydrogen-bond acceptors (Lipinski definition) is 4. The van der Waals surface area contributed by atoms with Gasteiger partial charge in [0.15, 0.2) is 0 Å². The van der Waals surface area contributed by atoms with Crippen molar-refractivity contribution in [2.24, 2.45) is 5.92 Å². The summed E-state index contributed by atoms with van der Waals surface area (Å²) in [4.78, 5) is 32.0. The lowest BCUT2D eigenvalue weighted by molar-refractivity contribution is 0.0589. The lowest BCUT2D eigenvalue weighted by Gasteiger charge is -2.42. The Morgan fingerprint density at radius 2 is 1.90 bits per heavy atom. The van der Waals surface area contributed by atoms with Gasteiger partial charge in [0, 0.05) is 44.0 Å². The molecular formula is C24H23FN4O2. The smallest absolute Gasteiger partial charge is 0.274 e. The van der Waals surface area contributed by atoms with Crippen LogP contribution in [0.1, 0.15) is 34.1 Å². The Morgan fingerprint density at radius 3 is 2.68 bits per heavy atom. The molecule has 1 aromatic carbocycles. The van der Waals surface area contributed by atoms with E-state index in [0.717, 1.165) is 17.7 Å². The van der Waals surface area contributed by atoms with Crippen LogP contribution in [-0.2, 0) is 13.1 Å². The van der Waals surface area contributed by atoms with Gasteiger partial charge in [0.05, 0.1) is 0 Å². The molecule has 3 aromatic rings. The first-order chi connectivity index (χ1) is 15.1. The van der Waals surface area contributed by atoms with Crippen molar-refractivity contribution in [1.82, 2.24) is 14.5 Å². The topological polar surface area (TPSA) is 67.2 Å². The molecule has 1 saturated heterocycles. The van der Waals surface area contributed by atoms with E-state index in [1.807, 2.05) is 27.7 Å². The van der Waals surface area contributed by atoms with Crippen molar-refractivity contribution in [2.75, 3.05) is 18.4 Å². The molecule has 0 unspecified atom stereocenters. The van der Waals surface area contributed by atoms with Gasteiger partial charge >= 0.3 is 0 Å². The normalized spacial score (nSPS) is 19.6. The maximum absolute atomic E-state index is 13.1. The zero-order valence-corrected chi connectivity index (χ0v) is 17.0. The summed E-state index contributed by atoms with van der Waals surface area (Å²) < 4.78 is 14.9. The molecule has 6 nitrogen and oxygen atoms in total. The van der Waals surface area contributed by atoms with Crippen LogP contribution in [0.3, 0.4) is 0 Å². The number of fused-ring (bicyclic) bond motifs is 4. The van der Waals surface area contributed by atoms with Crippen LogP contribution in [0.2, 0.25) is 0 Å². The van der Waals surface area contributed by atoms with Crippen molar-refractivity contribution in [2.45, 2.75) is 25.4 Å². The summed E-state index contributed by atoms with van der Waals surface area (Å²) in [5.74, 6) is 0.0476. The monoisotopic (exact) mass is 418 g/mol. The van der Waals surface area contributed by atoms with E-state index in [4.69, 9.17) is 0 Å². The van der Waals surface area contributed by atoms with E-state index in [0.29, 0.717) is 37.6 Å². The number of hydrogen-bond donors (Lipinski definition) is 1. The molecule has 2 atom stereocenters. The number of carbonyl (C=O) groups excluding carboxylic acids is 1. The van der Waals surface area contributed by atoms with E-state index in [1.165, 1.54) is 12.1 Å². The van der Waals surface area contributed by atoms with Crippen LogP contribution in [0.5, 0.6) is 0 Å². The van der Waals surface area contributed by atoms with Gasteiger partial charge in [0.2, 0.25) is 0 Å². The van der Waals surface area contributed by atoms with Gasteiger partial charge in [0.25, 0.3) is 11.5 Å². The van der Waals surface area contributed by atoms with Crippen molar-refractivity contribution < 1.29 is 9.18 Å². The second-order valence-electron chi connectivity index (χ2n) is 8.29. The molecule has 0 radical (unpaired) electrons. The number of nitrogens with one attached hydrogen (secondary N) is 1. The van der Waals surface area contributed by atoms with Gasteiger partial charge in [-0.25, -0.2) is 4.39 Å². The van der Waals surface area contributed by atoms with E-state index >= 15 is 0 Å². The molecule has 2 bridgehead atoms. The molecule has 7 heteroatoms. The Kier molecular flexibility index (Phi) is 5.02. The third-order valence-corrected chi connectivity index (χ3v) is 6.17. The van der Waals surface area contributed by atoms with Gasteiger partial charge in [-0.05, 0) is 54.3 Å². The highest BCUT2D eigenvalue weighted by Gasteiger charge is 2.37. The molecule has 0 spiro atoms. The van der Waals surface area contributed by atoms with Crippen LogP contribution in [0.15, 0.2) is 65.6 Å². The molecule has 2 aliphatic heterocycles. The van der Waals surface area contributed by atoms with Crippen molar-refractivity contribution in [3.8, 4) is 0 Å². The molecule has 2 aliphatic rings. The number of nitrogens with zero attached hydrogens (tertiary/aromatic N) is 3. The zero-order chi connectivity index (χ0) is 21.4.